The first-order valence-corrected chi connectivity index (χ1v) is 5.08. The fraction of sp³-hybridized carbons (Fsp3) is 0.889. The Morgan fingerprint density at radius 1 is 1.57 bits per heavy atom. The van der Waals surface area contributed by atoms with Crippen LogP contribution in [-0.2, 0) is 9.53 Å². The van der Waals surface area contributed by atoms with Crippen LogP contribution in [0.5, 0.6) is 0 Å². The number of esters is 1. The minimum atomic E-state index is -0.488. The maximum absolute atomic E-state index is 11.3. The molecule has 2 atom stereocenters. The number of methoxy groups -OCH3 is 1. The highest BCUT2D eigenvalue weighted by molar-refractivity contribution is 6.45. The summed E-state index contributed by atoms with van der Waals surface area (Å²) in [5.74, 6) is -0.242. The van der Waals surface area contributed by atoms with Gasteiger partial charge in [-0.3, -0.25) is 4.79 Å². The molecule has 0 aromatic carbocycles. The molecule has 0 amide bonds. The number of carbonyl (C=O) groups is 1. The lowest BCUT2D eigenvalue weighted by Gasteiger charge is -2.37. The van der Waals surface area contributed by atoms with Crippen LogP contribution in [0.1, 0.15) is 19.8 Å². The van der Waals surface area contributed by atoms with E-state index in [1.165, 1.54) is 7.11 Å². The second-order valence-corrected chi connectivity index (χ2v) is 3.98. The third-order valence-electron chi connectivity index (χ3n) is 2.94. The van der Waals surface area contributed by atoms with Crippen LogP contribution >= 0.6 is 0 Å². The molecule has 80 valence electrons. The van der Waals surface area contributed by atoms with Gasteiger partial charge in [0.05, 0.1) is 13.0 Å². The van der Waals surface area contributed by atoms with Crippen LogP contribution in [-0.4, -0.2) is 42.6 Å². The van der Waals surface area contributed by atoms with E-state index in [1.54, 1.807) is 6.82 Å². The van der Waals surface area contributed by atoms with Gasteiger partial charge in [0.15, 0.2) is 0 Å². The van der Waals surface area contributed by atoms with Crippen molar-refractivity contribution in [2.75, 3.05) is 13.7 Å². The molecule has 0 radical (unpaired) electrons. The van der Waals surface area contributed by atoms with Crippen molar-refractivity contribution in [2.24, 2.45) is 5.92 Å². The summed E-state index contributed by atoms with van der Waals surface area (Å²) in [4.78, 5) is 13.2. The molecule has 1 saturated heterocycles. The van der Waals surface area contributed by atoms with Gasteiger partial charge in [0.1, 0.15) is 0 Å². The number of hydrogen-bond donors (Lipinski definition) is 1. The van der Waals surface area contributed by atoms with E-state index >= 15 is 0 Å². The standard InChI is InChI=1S/C9H18BNO3/c1-7-4-5-8(9(12)14-3)6-11(7)10(2)13/h7-8,13H,4-6H2,1-3H3/t7-,8?/m0/s1. The highest BCUT2D eigenvalue weighted by Crippen LogP contribution is 2.23. The summed E-state index contributed by atoms with van der Waals surface area (Å²) >= 11 is 0. The number of carbonyl (C=O) groups excluding carboxylic acids is 1. The molecule has 0 spiro atoms. The van der Waals surface area contributed by atoms with Crippen LogP contribution in [0.25, 0.3) is 0 Å². The minimum absolute atomic E-state index is 0.0780. The van der Waals surface area contributed by atoms with Gasteiger partial charge in [-0.1, -0.05) is 6.92 Å². The summed E-state index contributed by atoms with van der Waals surface area (Å²) in [5.41, 5.74) is 0. The topological polar surface area (TPSA) is 49.8 Å². The smallest absolute Gasteiger partial charge is 0.376 e. The zero-order valence-electron chi connectivity index (χ0n) is 9.06. The molecule has 4 nitrogen and oxygen atoms in total. The molecule has 1 N–H and O–H groups in total. The number of ether oxygens (including phenoxy) is 1. The van der Waals surface area contributed by atoms with Crippen LogP contribution in [0.15, 0.2) is 0 Å². The van der Waals surface area contributed by atoms with Gasteiger partial charge >= 0.3 is 13.0 Å². The minimum Gasteiger partial charge on any atom is -0.469 e. The lowest BCUT2D eigenvalue weighted by Crippen LogP contribution is -2.50. The highest BCUT2D eigenvalue weighted by Gasteiger charge is 2.33. The van der Waals surface area contributed by atoms with Crippen LogP contribution in [0, 0.1) is 5.92 Å². The summed E-state index contributed by atoms with van der Waals surface area (Å²) in [6, 6.07) is 0.343. The molecule has 1 heterocycles. The van der Waals surface area contributed by atoms with E-state index < -0.39 is 7.05 Å². The summed E-state index contributed by atoms with van der Waals surface area (Å²) in [6.45, 7) is 4.40. The van der Waals surface area contributed by atoms with Crippen molar-refractivity contribution in [1.29, 1.82) is 0 Å². The molecule has 0 bridgehead atoms. The monoisotopic (exact) mass is 199 g/mol. The van der Waals surface area contributed by atoms with Gasteiger partial charge in [0.2, 0.25) is 0 Å². The Labute approximate surface area is 85.4 Å². The maximum atomic E-state index is 11.3. The summed E-state index contributed by atoms with van der Waals surface area (Å²) in [7, 11) is 0.921. The Morgan fingerprint density at radius 3 is 2.71 bits per heavy atom. The largest absolute Gasteiger partial charge is 0.469 e. The molecule has 0 saturated carbocycles. The number of rotatable bonds is 2. The van der Waals surface area contributed by atoms with Crippen LogP contribution < -0.4 is 0 Å². The van der Waals surface area contributed by atoms with Crippen LogP contribution in [0.2, 0.25) is 6.82 Å². The molecule has 1 unspecified atom stereocenters. The Hall–Kier alpha value is -0.545. The molecule has 0 aromatic rings. The molecular formula is C9H18BNO3. The van der Waals surface area contributed by atoms with E-state index in [9.17, 15) is 9.82 Å². The van der Waals surface area contributed by atoms with Crippen molar-refractivity contribution < 1.29 is 14.6 Å². The molecule has 14 heavy (non-hydrogen) atoms. The van der Waals surface area contributed by atoms with Gasteiger partial charge in [-0.25, -0.2) is 0 Å². The molecule has 1 aliphatic heterocycles. The summed E-state index contributed by atoms with van der Waals surface area (Å²) in [6.07, 6.45) is 1.79. The summed E-state index contributed by atoms with van der Waals surface area (Å²) < 4.78 is 4.71. The fourth-order valence-electron chi connectivity index (χ4n) is 2.01. The highest BCUT2D eigenvalue weighted by atomic mass is 16.5. The second kappa shape index (κ2) is 4.80. The third-order valence-corrected chi connectivity index (χ3v) is 2.94. The number of nitrogens with zero attached hydrogens (tertiary/aromatic N) is 1. The number of hydrogen-bond acceptors (Lipinski definition) is 4. The zero-order chi connectivity index (χ0) is 10.7. The van der Waals surface area contributed by atoms with Crippen molar-refractivity contribution >= 4 is 13.0 Å². The van der Waals surface area contributed by atoms with E-state index in [2.05, 4.69) is 6.92 Å². The van der Waals surface area contributed by atoms with Gasteiger partial charge in [-0.05, 0) is 25.7 Å². The molecule has 1 aliphatic rings. The molecule has 0 aliphatic carbocycles. The van der Waals surface area contributed by atoms with Crippen LogP contribution in [0.3, 0.4) is 0 Å². The van der Waals surface area contributed by atoms with Crippen molar-refractivity contribution in [1.82, 2.24) is 4.81 Å². The summed E-state index contributed by atoms with van der Waals surface area (Å²) in [5, 5.41) is 9.49. The van der Waals surface area contributed by atoms with E-state index in [1.807, 2.05) is 4.81 Å². The van der Waals surface area contributed by atoms with Crippen molar-refractivity contribution in [3.63, 3.8) is 0 Å². The van der Waals surface area contributed by atoms with Gasteiger partial charge in [0.25, 0.3) is 0 Å². The Morgan fingerprint density at radius 2 is 2.21 bits per heavy atom. The third kappa shape index (κ3) is 2.48. The van der Waals surface area contributed by atoms with Crippen molar-refractivity contribution in [3.05, 3.63) is 0 Å². The first-order valence-electron chi connectivity index (χ1n) is 5.08. The van der Waals surface area contributed by atoms with E-state index in [4.69, 9.17) is 4.74 Å². The van der Waals surface area contributed by atoms with Gasteiger partial charge in [0, 0.05) is 6.54 Å². The first kappa shape index (κ1) is 11.5. The van der Waals surface area contributed by atoms with E-state index in [-0.39, 0.29) is 11.9 Å². The van der Waals surface area contributed by atoms with Gasteiger partial charge in [-0.15, -0.1) is 0 Å². The Bertz CT molecular complexity index is 210. The normalized spacial score (nSPS) is 28.6. The molecule has 0 aromatic heterocycles. The quantitative estimate of drug-likeness (QED) is 0.515. The molecule has 1 rings (SSSR count). The fourth-order valence-corrected chi connectivity index (χ4v) is 2.01. The van der Waals surface area contributed by atoms with Gasteiger partial charge in [-0.2, -0.15) is 0 Å². The SMILES string of the molecule is COC(=O)C1CC[C@H](C)N(B(C)O)C1. The van der Waals surface area contributed by atoms with Crippen LogP contribution in [0.4, 0.5) is 0 Å². The average molecular weight is 199 g/mol. The maximum Gasteiger partial charge on any atom is 0.376 e. The molecule has 5 heteroatoms. The van der Waals surface area contributed by atoms with Crippen molar-refractivity contribution in [2.45, 2.75) is 32.6 Å². The predicted molar refractivity (Wildman–Crippen MR) is 54.7 cm³/mol. The molecule has 1 fully saturated rings. The Balaban J connectivity index is 2.57. The first-order chi connectivity index (χ1) is 6.56. The zero-order valence-corrected chi connectivity index (χ0v) is 9.06. The van der Waals surface area contributed by atoms with E-state index in [0.29, 0.717) is 12.6 Å². The average Bonchev–Trinajstić information content (AvgIpc) is 2.17. The Kier molecular flexibility index (Phi) is 3.95. The van der Waals surface area contributed by atoms with Gasteiger partial charge < -0.3 is 14.6 Å². The lowest BCUT2D eigenvalue weighted by molar-refractivity contribution is -0.147. The lowest BCUT2D eigenvalue weighted by atomic mass is 9.78. The van der Waals surface area contributed by atoms with E-state index in [0.717, 1.165) is 12.8 Å². The second-order valence-electron chi connectivity index (χ2n) is 3.98. The molecular weight excluding hydrogens is 181 g/mol. The van der Waals surface area contributed by atoms with Crippen molar-refractivity contribution in [3.8, 4) is 0 Å². The number of piperidine rings is 1. The predicted octanol–water partition coefficient (Wildman–Crippen LogP) is 0.370.